The SMILES string of the molecule is CCN[B]NC. The summed E-state index contributed by atoms with van der Waals surface area (Å²) in [7, 11) is 3.67. The molecule has 0 saturated carbocycles. The van der Waals surface area contributed by atoms with E-state index in [1.165, 1.54) is 0 Å². The Morgan fingerprint density at radius 1 is 1.67 bits per heavy atom. The lowest BCUT2D eigenvalue weighted by Crippen LogP contribution is -2.29. The summed E-state index contributed by atoms with van der Waals surface area (Å²) >= 11 is 0. The van der Waals surface area contributed by atoms with Gasteiger partial charge in [0, 0.05) is 0 Å². The number of nitrogens with one attached hydrogen (secondary N) is 2. The van der Waals surface area contributed by atoms with Crippen LogP contribution in [0.5, 0.6) is 0 Å². The van der Waals surface area contributed by atoms with Gasteiger partial charge in [0.15, 0.2) is 0 Å². The molecule has 0 saturated heterocycles. The van der Waals surface area contributed by atoms with Gasteiger partial charge in [0.2, 0.25) is 0 Å². The third-order valence-electron chi connectivity index (χ3n) is 0.451. The zero-order valence-electron chi connectivity index (χ0n) is 4.28. The van der Waals surface area contributed by atoms with E-state index in [4.69, 9.17) is 0 Å². The predicted octanol–water partition coefficient (Wildman–Crippen LogP) is -0.651. The highest BCUT2D eigenvalue weighted by molar-refractivity contribution is 6.28. The summed E-state index contributed by atoms with van der Waals surface area (Å²) in [5.41, 5.74) is 0. The third kappa shape index (κ3) is 3.98. The molecule has 1 radical (unpaired) electrons. The Labute approximate surface area is 39.6 Å². The molecule has 2 N–H and O–H groups in total. The van der Waals surface area contributed by atoms with Crippen molar-refractivity contribution in [3.05, 3.63) is 0 Å². The molecule has 6 heavy (non-hydrogen) atoms. The van der Waals surface area contributed by atoms with Gasteiger partial charge in [-0.2, -0.15) is 0 Å². The minimum atomic E-state index is 0.987. The molecule has 0 bridgehead atoms. The fraction of sp³-hybridized carbons (Fsp3) is 1.00. The van der Waals surface area contributed by atoms with E-state index in [1.807, 2.05) is 14.0 Å². The zero-order chi connectivity index (χ0) is 4.83. The summed E-state index contributed by atoms with van der Waals surface area (Å²) in [6.07, 6.45) is 0. The molecule has 0 heterocycles. The van der Waals surface area contributed by atoms with Crippen LogP contribution < -0.4 is 10.5 Å². The maximum Gasteiger partial charge on any atom is 0.307 e. The average molecular weight is 84.9 g/mol. The lowest BCUT2D eigenvalue weighted by atomic mass is 10.2. The van der Waals surface area contributed by atoms with Gasteiger partial charge in [-0.25, -0.2) is 0 Å². The first-order valence-electron chi connectivity index (χ1n) is 2.14. The fourth-order valence-corrected chi connectivity index (χ4v) is 0.204. The Morgan fingerprint density at radius 2 is 2.33 bits per heavy atom. The molecule has 0 aromatic carbocycles. The second kappa shape index (κ2) is 4.98. The van der Waals surface area contributed by atoms with Gasteiger partial charge in [-0.1, -0.05) is 6.92 Å². The molecule has 0 aliphatic carbocycles. The van der Waals surface area contributed by atoms with Gasteiger partial charge in [0.05, 0.1) is 0 Å². The van der Waals surface area contributed by atoms with Crippen LogP contribution in [-0.2, 0) is 0 Å². The molecule has 0 aliphatic heterocycles. The monoisotopic (exact) mass is 85.1 g/mol. The smallest absolute Gasteiger partial charge is 0.307 e. The number of hydrogen-bond acceptors (Lipinski definition) is 2. The number of hydrogen-bond donors (Lipinski definition) is 2. The van der Waals surface area contributed by atoms with Crippen molar-refractivity contribution in [3.63, 3.8) is 0 Å². The van der Waals surface area contributed by atoms with Gasteiger partial charge in [-0.3, -0.25) is 0 Å². The molecule has 0 spiro atoms. The molecule has 3 heteroatoms. The summed E-state index contributed by atoms with van der Waals surface area (Å²) in [4.78, 5) is 0. The predicted molar refractivity (Wildman–Crippen MR) is 28.5 cm³/mol. The first-order valence-corrected chi connectivity index (χ1v) is 2.14. The van der Waals surface area contributed by atoms with E-state index < -0.39 is 0 Å². The van der Waals surface area contributed by atoms with Crippen molar-refractivity contribution in [3.8, 4) is 0 Å². The first kappa shape index (κ1) is 5.98. The zero-order valence-corrected chi connectivity index (χ0v) is 4.28. The van der Waals surface area contributed by atoms with Crippen LogP contribution in [0.2, 0.25) is 0 Å². The van der Waals surface area contributed by atoms with E-state index in [1.54, 1.807) is 7.55 Å². The van der Waals surface area contributed by atoms with Crippen LogP contribution in [0.15, 0.2) is 0 Å². The van der Waals surface area contributed by atoms with E-state index in [9.17, 15) is 0 Å². The molecule has 35 valence electrons. The van der Waals surface area contributed by atoms with E-state index in [0.29, 0.717) is 0 Å². The molecule has 0 aliphatic rings. The van der Waals surface area contributed by atoms with Crippen molar-refractivity contribution in [2.45, 2.75) is 6.92 Å². The van der Waals surface area contributed by atoms with E-state index in [2.05, 4.69) is 10.5 Å². The maximum absolute atomic E-state index is 2.96. The van der Waals surface area contributed by atoms with Crippen LogP contribution in [0.4, 0.5) is 0 Å². The maximum atomic E-state index is 2.96. The van der Waals surface area contributed by atoms with Crippen LogP contribution in [0.25, 0.3) is 0 Å². The van der Waals surface area contributed by atoms with Crippen LogP contribution in [0.3, 0.4) is 0 Å². The molecule has 0 atom stereocenters. The van der Waals surface area contributed by atoms with E-state index >= 15 is 0 Å². The highest BCUT2D eigenvalue weighted by atomic mass is 14.9. The highest BCUT2D eigenvalue weighted by Gasteiger charge is 1.75. The molecular weight excluding hydrogens is 74.9 g/mol. The summed E-state index contributed by atoms with van der Waals surface area (Å²) in [5.74, 6) is 0. The van der Waals surface area contributed by atoms with Crippen molar-refractivity contribution in [1.82, 2.24) is 10.5 Å². The topological polar surface area (TPSA) is 24.1 Å². The van der Waals surface area contributed by atoms with Gasteiger partial charge in [-0.05, 0) is 13.6 Å². The van der Waals surface area contributed by atoms with Gasteiger partial charge >= 0.3 is 7.55 Å². The standard InChI is InChI=1S/C3H10BN2/c1-3-6-4-5-2/h5-6H,3H2,1-2H3. The fourth-order valence-electron chi connectivity index (χ4n) is 0.204. The highest BCUT2D eigenvalue weighted by Crippen LogP contribution is 1.41. The van der Waals surface area contributed by atoms with Crippen molar-refractivity contribution in [2.24, 2.45) is 0 Å². The normalized spacial score (nSPS) is 8.33. The molecular formula is C3H10BN2. The van der Waals surface area contributed by atoms with Crippen molar-refractivity contribution in [2.75, 3.05) is 13.6 Å². The molecule has 2 nitrogen and oxygen atoms in total. The summed E-state index contributed by atoms with van der Waals surface area (Å²) in [6, 6.07) is 0. The molecule has 0 fully saturated rings. The minimum Gasteiger partial charge on any atom is -0.348 e. The summed E-state index contributed by atoms with van der Waals surface area (Å²) in [6.45, 7) is 3.04. The number of rotatable bonds is 3. The second-order valence-corrected chi connectivity index (χ2v) is 0.991. The van der Waals surface area contributed by atoms with Crippen LogP contribution in [0.1, 0.15) is 6.92 Å². The van der Waals surface area contributed by atoms with Crippen LogP contribution in [-0.4, -0.2) is 21.1 Å². The minimum absolute atomic E-state index is 0.987. The Balaban J connectivity index is 2.34. The Kier molecular flexibility index (Phi) is 4.97. The summed E-state index contributed by atoms with van der Waals surface area (Å²) in [5, 5.41) is 5.79. The largest absolute Gasteiger partial charge is 0.348 e. The second-order valence-electron chi connectivity index (χ2n) is 0.991. The first-order chi connectivity index (χ1) is 2.91. The molecule has 0 amide bonds. The third-order valence-corrected chi connectivity index (χ3v) is 0.451. The van der Waals surface area contributed by atoms with Crippen LogP contribution in [0, 0.1) is 0 Å². The lowest BCUT2D eigenvalue weighted by molar-refractivity contribution is 0.974. The molecule has 0 aromatic heterocycles. The summed E-state index contributed by atoms with van der Waals surface area (Å²) < 4.78 is 0. The van der Waals surface area contributed by atoms with Crippen molar-refractivity contribution >= 4 is 7.55 Å². The van der Waals surface area contributed by atoms with Crippen LogP contribution >= 0.6 is 0 Å². The Morgan fingerprint density at radius 3 is 2.50 bits per heavy atom. The van der Waals surface area contributed by atoms with E-state index in [-0.39, 0.29) is 0 Å². The molecule has 0 aromatic rings. The van der Waals surface area contributed by atoms with Gasteiger partial charge < -0.3 is 10.5 Å². The molecule has 0 rings (SSSR count). The van der Waals surface area contributed by atoms with Crippen molar-refractivity contribution < 1.29 is 0 Å². The Hall–Kier alpha value is -0.0151. The lowest BCUT2D eigenvalue weighted by Gasteiger charge is -1.90. The Bertz CT molecular complexity index is 20.8. The van der Waals surface area contributed by atoms with Crippen molar-refractivity contribution in [1.29, 1.82) is 0 Å². The quantitative estimate of drug-likeness (QED) is 0.351. The van der Waals surface area contributed by atoms with E-state index in [0.717, 1.165) is 6.54 Å². The average Bonchev–Trinajstić information content (AvgIpc) is 1.61. The van der Waals surface area contributed by atoms with Gasteiger partial charge in [-0.15, -0.1) is 0 Å². The van der Waals surface area contributed by atoms with Gasteiger partial charge in [0.1, 0.15) is 0 Å². The van der Waals surface area contributed by atoms with Gasteiger partial charge in [0.25, 0.3) is 0 Å². The molecule has 0 unspecified atom stereocenters.